The summed E-state index contributed by atoms with van der Waals surface area (Å²) in [7, 11) is 0. The summed E-state index contributed by atoms with van der Waals surface area (Å²) in [6, 6.07) is 0. The Kier molecular flexibility index (Phi) is 1.77. The molecule has 3 nitrogen and oxygen atoms in total. The molecule has 3 heteroatoms. The Hall–Kier alpha value is -1.77. The summed E-state index contributed by atoms with van der Waals surface area (Å²) in [4.78, 5) is 10.6. The number of ether oxygens (including phenoxy) is 1. The predicted octanol–water partition coefficient (Wildman–Crippen LogP) is 1.76. The van der Waals surface area contributed by atoms with Crippen molar-refractivity contribution in [2.45, 2.75) is 6.42 Å². The first-order valence-electron chi connectivity index (χ1n) is 3.94. The van der Waals surface area contributed by atoms with Gasteiger partial charge in [-0.25, -0.2) is 4.79 Å². The van der Waals surface area contributed by atoms with Gasteiger partial charge in [0.05, 0.1) is 18.1 Å². The average molecular weight is 176 g/mol. The van der Waals surface area contributed by atoms with E-state index in [0.29, 0.717) is 12.0 Å². The maximum absolute atomic E-state index is 10.6. The van der Waals surface area contributed by atoms with Crippen molar-refractivity contribution >= 4 is 5.97 Å². The van der Waals surface area contributed by atoms with E-state index in [1.54, 1.807) is 30.8 Å². The number of hydrogen-bond donors (Lipinski definition) is 1. The van der Waals surface area contributed by atoms with Crippen LogP contribution >= 0.6 is 0 Å². The molecule has 0 fully saturated rings. The molecule has 0 unspecified atom stereocenters. The molecule has 0 bridgehead atoms. The van der Waals surface area contributed by atoms with Gasteiger partial charge >= 0.3 is 5.97 Å². The first kappa shape index (κ1) is 7.86. The molecule has 2 rings (SSSR count). The third-order valence-electron chi connectivity index (χ3n) is 2.01. The third-order valence-corrected chi connectivity index (χ3v) is 2.01. The summed E-state index contributed by atoms with van der Waals surface area (Å²) in [5.74, 6) is -0.883. The van der Waals surface area contributed by atoms with Gasteiger partial charge in [-0.05, 0) is 29.7 Å². The van der Waals surface area contributed by atoms with Gasteiger partial charge in [-0.15, -0.1) is 0 Å². The molecule has 0 spiro atoms. The van der Waals surface area contributed by atoms with Crippen LogP contribution in [0.3, 0.4) is 0 Å². The highest BCUT2D eigenvalue weighted by Gasteiger charge is 2.14. The molecule has 2 aliphatic rings. The van der Waals surface area contributed by atoms with Crippen molar-refractivity contribution in [1.82, 2.24) is 0 Å². The summed E-state index contributed by atoms with van der Waals surface area (Å²) in [5.41, 5.74) is 2.29. The van der Waals surface area contributed by atoms with Crippen LogP contribution in [-0.2, 0) is 9.53 Å². The van der Waals surface area contributed by atoms with Crippen LogP contribution < -0.4 is 0 Å². The lowest BCUT2D eigenvalue weighted by molar-refractivity contribution is -0.132. The smallest absolute Gasteiger partial charge is 0.335 e. The minimum Gasteiger partial charge on any atom is -0.478 e. The second kappa shape index (κ2) is 2.94. The zero-order chi connectivity index (χ0) is 9.26. The number of aliphatic carboxylic acids is 1. The lowest BCUT2D eigenvalue weighted by atomic mass is 9.94. The van der Waals surface area contributed by atoms with Gasteiger partial charge in [0.2, 0.25) is 0 Å². The van der Waals surface area contributed by atoms with Gasteiger partial charge in [-0.2, -0.15) is 0 Å². The van der Waals surface area contributed by atoms with E-state index in [4.69, 9.17) is 9.84 Å². The number of hydrogen-bond acceptors (Lipinski definition) is 2. The van der Waals surface area contributed by atoms with Crippen LogP contribution in [0.5, 0.6) is 0 Å². The number of allylic oxidation sites excluding steroid dienone is 4. The highest BCUT2D eigenvalue weighted by molar-refractivity contribution is 5.91. The predicted molar refractivity (Wildman–Crippen MR) is 46.7 cm³/mol. The fourth-order valence-corrected chi connectivity index (χ4v) is 1.31. The van der Waals surface area contributed by atoms with Crippen LogP contribution in [0.25, 0.3) is 0 Å². The molecule has 0 atom stereocenters. The second-order valence-corrected chi connectivity index (χ2v) is 2.85. The van der Waals surface area contributed by atoms with E-state index in [1.807, 2.05) is 0 Å². The molecule has 1 aliphatic carbocycles. The number of carboxylic acid groups (broad SMARTS) is 1. The lowest BCUT2D eigenvalue weighted by Gasteiger charge is -2.14. The van der Waals surface area contributed by atoms with Crippen molar-refractivity contribution in [3.63, 3.8) is 0 Å². The molecule has 0 aromatic rings. The molecule has 0 aromatic heterocycles. The number of carbonyl (C=O) groups is 1. The Morgan fingerprint density at radius 1 is 1.54 bits per heavy atom. The van der Waals surface area contributed by atoms with Crippen LogP contribution in [0.4, 0.5) is 0 Å². The SMILES string of the molecule is O=C(O)C1=CCC2=COC=CC2=C1. The zero-order valence-electron chi connectivity index (χ0n) is 6.86. The van der Waals surface area contributed by atoms with Crippen LogP contribution in [0.2, 0.25) is 0 Å². The van der Waals surface area contributed by atoms with E-state index in [-0.39, 0.29) is 0 Å². The maximum Gasteiger partial charge on any atom is 0.335 e. The van der Waals surface area contributed by atoms with Gasteiger partial charge in [0.15, 0.2) is 0 Å². The molecule has 0 radical (unpaired) electrons. The quantitative estimate of drug-likeness (QED) is 0.662. The second-order valence-electron chi connectivity index (χ2n) is 2.85. The van der Waals surface area contributed by atoms with Crippen LogP contribution in [0, 0.1) is 0 Å². The monoisotopic (exact) mass is 176 g/mol. The largest absolute Gasteiger partial charge is 0.478 e. The standard InChI is InChI=1S/C10H8O3/c11-10(12)8-1-2-9-6-13-4-3-7(9)5-8/h1,3-6H,2H2,(H,11,12). The molecular weight excluding hydrogens is 168 g/mol. The molecular formula is C10H8O3. The van der Waals surface area contributed by atoms with Crippen molar-refractivity contribution in [3.8, 4) is 0 Å². The van der Waals surface area contributed by atoms with Crippen LogP contribution in [0.15, 0.2) is 47.5 Å². The van der Waals surface area contributed by atoms with Gasteiger partial charge in [0, 0.05) is 0 Å². The first-order chi connectivity index (χ1) is 6.27. The zero-order valence-corrected chi connectivity index (χ0v) is 6.86. The molecule has 66 valence electrons. The average Bonchev–Trinajstić information content (AvgIpc) is 2.17. The summed E-state index contributed by atoms with van der Waals surface area (Å²) in [5, 5.41) is 8.74. The molecule has 1 N–H and O–H groups in total. The molecule has 0 aromatic carbocycles. The van der Waals surface area contributed by atoms with Crippen molar-refractivity contribution in [2.24, 2.45) is 0 Å². The van der Waals surface area contributed by atoms with Gasteiger partial charge in [-0.1, -0.05) is 6.08 Å². The minimum absolute atomic E-state index is 0.346. The topological polar surface area (TPSA) is 46.5 Å². The highest BCUT2D eigenvalue weighted by atomic mass is 16.5. The van der Waals surface area contributed by atoms with Crippen LogP contribution in [-0.4, -0.2) is 11.1 Å². The maximum atomic E-state index is 10.6. The Bertz CT molecular complexity index is 370. The summed E-state index contributed by atoms with van der Waals surface area (Å²) in [6.45, 7) is 0. The number of fused-ring (bicyclic) bond motifs is 1. The normalized spacial score (nSPS) is 19.2. The molecule has 1 aliphatic heterocycles. The number of carboxylic acids is 1. The fourth-order valence-electron chi connectivity index (χ4n) is 1.31. The molecule has 1 heterocycles. The summed E-state index contributed by atoms with van der Waals surface area (Å²) < 4.78 is 4.97. The highest BCUT2D eigenvalue weighted by Crippen LogP contribution is 2.26. The molecule has 0 saturated heterocycles. The first-order valence-corrected chi connectivity index (χ1v) is 3.94. The summed E-state index contributed by atoms with van der Waals surface area (Å²) >= 11 is 0. The van der Waals surface area contributed by atoms with E-state index in [0.717, 1.165) is 11.1 Å². The van der Waals surface area contributed by atoms with Gasteiger partial charge < -0.3 is 9.84 Å². The van der Waals surface area contributed by atoms with Gasteiger partial charge in [0.25, 0.3) is 0 Å². The molecule has 0 amide bonds. The van der Waals surface area contributed by atoms with Gasteiger partial charge in [-0.3, -0.25) is 0 Å². The minimum atomic E-state index is -0.883. The third kappa shape index (κ3) is 1.40. The van der Waals surface area contributed by atoms with E-state index in [9.17, 15) is 4.79 Å². The number of rotatable bonds is 1. The Labute approximate surface area is 75.3 Å². The molecule has 13 heavy (non-hydrogen) atoms. The Balaban J connectivity index is 2.34. The van der Waals surface area contributed by atoms with E-state index in [2.05, 4.69) is 0 Å². The van der Waals surface area contributed by atoms with Crippen molar-refractivity contribution < 1.29 is 14.6 Å². The van der Waals surface area contributed by atoms with E-state index < -0.39 is 5.97 Å². The van der Waals surface area contributed by atoms with E-state index >= 15 is 0 Å². The molecule has 0 saturated carbocycles. The van der Waals surface area contributed by atoms with Crippen LogP contribution in [0.1, 0.15) is 6.42 Å². The van der Waals surface area contributed by atoms with Crippen molar-refractivity contribution in [3.05, 3.63) is 47.5 Å². The van der Waals surface area contributed by atoms with E-state index in [1.165, 1.54) is 0 Å². The van der Waals surface area contributed by atoms with Gasteiger partial charge in [0.1, 0.15) is 0 Å². The van der Waals surface area contributed by atoms with Crippen molar-refractivity contribution in [1.29, 1.82) is 0 Å². The van der Waals surface area contributed by atoms with Crippen molar-refractivity contribution in [2.75, 3.05) is 0 Å². The lowest BCUT2D eigenvalue weighted by Crippen LogP contribution is -2.05. The Morgan fingerprint density at radius 3 is 3.15 bits per heavy atom. The Morgan fingerprint density at radius 2 is 2.38 bits per heavy atom. The summed E-state index contributed by atoms with van der Waals surface area (Å²) in [6.07, 6.45) is 8.90. The fraction of sp³-hybridized carbons (Fsp3) is 0.100.